The molecule has 1 aromatic heterocycles. The molecule has 3 heterocycles. The van der Waals surface area contributed by atoms with Crippen LogP contribution in [0.3, 0.4) is 0 Å². The van der Waals surface area contributed by atoms with Gasteiger partial charge in [-0.1, -0.05) is 31.4 Å². The van der Waals surface area contributed by atoms with Crippen LogP contribution >= 0.6 is 0 Å². The van der Waals surface area contributed by atoms with Gasteiger partial charge in [0.2, 0.25) is 10.0 Å². The van der Waals surface area contributed by atoms with E-state index in [2.05, 4.69) is 20.1 Å². The van der Waals surface area contributed by atoms with Gasteiger partial charge in [0.05, 0.1) is 4.90 Å². The number of sulfonamides is 1. The minimum atomic E-state index is -3.54. The molecule has 1 fully saturated rings. The molecule has 184 valence electrons. The zero-order valence-corrected chi connectivity index (χ0v) is 20.6. The van der Waals surface area contributed by atoms with Crippen molar-refractivity contribution in [3.05, 3.63) is 59.9 Å². The van der Waals surface area contributed by atoms with Crippen molar-refractivity contribution in [2.45, 2.75) is 62.8 Å². The predicted molar refractivity (Wildman–Crippen MR) is 135 cm³/mol. The van der Waals surface area contributed by atoms with Gasteiger partial charge in [0.15, 0.2) is 5.82 Å². The number of aryl methyl sites for hydroxylation is 1. The highest BCUT2D eigenvalue weighted by molar-refractivity contribution is 7.89. The zero-order valence-electron chi connectivity index (χ0n) is 19.8. The van der Waals surface area contributed by atoms with Crippen LogP contribution in [0.2, 0.25) is 0 Å². The number of carbonyl (C=O) groups is 1. The SMILES string of the molecule is O=C(Nc1cccc(-c2nnc3n2CCCCC3)c1)c1ccc(S(=O)(=O)N2CCCCCC2)cc1. The Morgan fingerprint density at radius 2 is 1.54 bits per heavy atom. The van der Waals surface area contributed by atoms with E-state index in [-0.39, 0.29) is 10.8 Å². The Bertz CT molecular complexity index is 1290. The van der Waals surface area contributed by atoms with Crippen molar-refractivity contribution < 1.29 is 13.2 Å². The molecule has 5 rings (SSSR count). The third-order valence-electron chi connectivity index (χ3n) is 6.81. The summed E-state index contributed by atoms with van der Waals surface area (Å²) in [6.45, 7) is 2.01. The number of amides is 1. The van der Waals surface area contributed by atoms with Gasteiger partial charge in [-0.15, -0.1) is 10.2 Å². The normalized spacial score (nSPS) is 17.3. The van der Waals surface area contributed by atoms with E-state index in [4.69, 9.17) is 0 Å². The van der Waals surface area contributed by atoms with Crippen LogP contribution in [0.4, 0.5) is 5.69 Å². The van der Waals surface area contributed by atoms with E-state index in [0.717, 1.165) is 68.7 Å². The molecule has 0 bridgehead atoms. The number of fused-ring (bicyclic) bond motifs is 1. The quantitative estimate of drug-likeness (QED) is 0.565. The van der Waals surface area contributed by atoms with Crippen LogP contribution in [0.15, 0.2) is 53.4 Å². The molecule has 0 aliphatic carbocycles. The summed E-state index contributed by atoms with van der Waals surface area (Å²) < 4.78 is 29.7. The van der Waals surface area contributed by atoms with E-state index in [1.165, 1.54) is 18.6 Å². The van der Waals surface area contributed by atoms with Crippen LogP contribution in [0.1, 0.15) is 61.1 Å². The largest absolute Gasteiger partial charge is 0.322 e. The van der Waals surface area contributed by atoms with Crippen LogP contribution < -0.4 is 5.32 Å². The smallest absolute Gasteiger partial charge is 0.255 e. The molecule has 1 saturated heterocycles. The van der Waals surface area contributed by atoms with Gasteiger partial charge in [-0.05, 0) is 62.1 Å². The summed E-state index contributed by atoms with van der Waals surface area (Å²) in [5.41, 5.74) is 1.96. The van der Waals surface area contributed by atoms with Gasteiger partial charge >= 0.3 is 0 Å². The van der Waals surface area contributed by atoms with Crippen molar-refractivity contribution in [3.8, 4) is 11.4 Å². The maximum absolute atomic E-state index is 13.0. The number of rotatable bonds is 5. The molecule has 2 aromatic carbocycles. The summed E-state index contributed by atoms with van der Waals surface area (Å²) in [6, 6.07) is 13.8. The molecule has 1 amide bonds. The lowest BCUT2D eigenvalue weighted by Crippen LogP contribution is -2.31. The summed E-state index contributed by atoms with van der Waals surface area (Å²) in [5, 5.41) is 11.7. The fourth-order valence-corrected chi connectivity index (χ4v) is 6.36. The van der Waals surface area contributed by atoms with Crippen LogP contribution in [-0.2, 0) is 23.0 Å². The van der Waals surface area contributed by atoms with E-state index >= 15 is 0 Å². The van der Waals surface area contributed by atoms with Gasteiger partial charge in [0.25, 0.3) is 5.91 Å². The van der Waals surface area contributed by atoms with Gasteiger partial charge < -0.3 is 9.88 Å². The molecule has 0 radical (unpaired) electrons. The Balaban J connectivity index is 1.30. The standard InChI is InChI=1S/C26H31N5O3S/c32-26(20-12-14-23(15-13-20)35(33,34)30-16-5-1-2-6-17-30)27-22-10-8-9-21(19-22)25-29-28-24-11-4-3-7-18-31(24)25/h8-10,12-15,19H,1-7,11,16-18H2,(H,27,32). The lowest BCUT2D eigenvalue weighted by molar-refractivity contribution is 0.102. The molecule has 35 heavy (non-hydrogen) atoms. The first-order valence-electron chi connectivity index (χ1n) is 12.5. The molecule has 2 aliphatic heterocycles. The van der Waals surface area contributed by atoms with E-state index in [1.54, 1.807) is 16.4 Å². The van der Waals surface area contributed by atoms with Crippen LogP contribution in [-0.4, -0.2) is 46.5 Å². The Kier molecular flexibility index (Phi) is 6.97. The lowest BCUT2D eigenvalue weighted by atomic mass is 10.1. The van der Waals surface area contributed by atoms with Gasteiger partial charge in [0, 0.05) is 42.9 Å². The summed E-state index contributed by atoms with van der Waals surface area (Å²) in [5.74, 6) is 1.55. The van der Waals surface area contributed by atoms with E-state index in [1.807, 2.05) is 24.3 Å². The molecule has 9 heteroatoms. The molecule has 0 atom stereocenters. The maximum Gasteiger partial charge on any atom is 0.255 e. The Morgan fingerprint density at radius 3 is 2.31 bits per heavy atom. The van der Waals surface area contributed by atoms with Gasteiger partial charge in [-0.2, -0.15) is 4.31 Å². The van der Waals surface area contributed by atoms with Gasteiger partial charge in [-0.3, -0.25) is 4.79 Å². The Morgan fingerprint density at radius 1 is 0.829 bits per heavy atom. The van der Waals surface area contributed by atoms with Crippen molar-refractivity contribution in [2.75, 3.05) is 18.4 Å². The molecule has 1 N–H and O–H groups in total. The third-order valence-corrected chi connectivity index (χ3v) is 8.72. The predicted octanol–water partition coefficient (Wildman–Crippen LogP) is 4.49. The zero-order chi connectivity index (χ0) is 24.3. The molecular weight excluding hydrogens is 462 g/mol. The molecular formula is C26H31N5O3S. The number of hydrogen-bond donors (Lipinski definition) is 1. The molecule has 0 unspecified atom stereocenters. The van der Waals surface area contributed by atoms with Crippen molar-refractivity contribution in [2.24, 2.45) is 0 Å². The average molecular weight is 494 g/mol. The monoisotopic (exact) mass is 493 g/mol. The van der Waals surface area contributed by atoms with E-state index < -0.39 is 10.0 Å². The Hall–Kier alpha value is -3.04. The second kappa shape index (κ2) is 10.3. The first-order chi connectivity index (χ1) is 17.0. The fraction of sp³-hybridized carbons (Fsp3) is 0.423. The number of hydrogen-bond acceptors (Lipinski definition) is 5. The van der Waals surface area contributed by atoms with Crippen LogP contribution in [0.5, 0.6) is 0 Å². The highest BCUT2D eigenvalue weighted by Gasteiger charge is 2.25. The van der Waals surface area contributed by atoms with Crippen molar-refractivity contribution >= 4 is 21.6 Å². The van der Waals surface area contributed by atoms with Crippen molar-refractivity contribution in [1.29, 1.82) is 0 Å². The summed E-state index contributed by atoms with van der Waals surface area (Å²) >= 11 is 0. The highest BCUT2D eigenvalue weighted by atomic mass is 32.2. The second-order valence-corrected chi connectivity index (χ2v) is 11.2. The topological polar surface area (TPSA) is 97.2 Å². The fourth-order valence-electron chi connectivity index (χ4n) is 4.85. The molecule has 0 saturated carbocycles. The minimum absolute atomic E-state index is 0.227. The molecule has 0 spiro atoms. The minimum Gasteiger partial charge on any atom is -0.322 e. The van der Waals surface area contributed by atoms with E-state index in [9.17, 15) is 13.2 Å². The number of nitrogens with zero attached hydrogens (tertiary/aromatic N) is 4. The molecule has 3 aromatic rings. The summed E-state index contributed by atoms with van der Waals surface area (Å²) in [7, 11) is -3.54. The Labute approximate surface area is 206 Å². The molecule has 8 nitrogen and oxygen atoms in total. The number of carbonyl (C=O) groups excluding carboxylic acids is 1. The third kappa shape index (κ3) is 5.16. The maximum atomic E-state index is 13.0. The van der Waals surface area contributed by atoms with Gasteiger partial charge in [-0.25, -0.2) is 8.42 Å². The number of nitrogens with one attached hydrogen (secondary N) is 1. The van der Waals surface area contributed by atoms with E-state index in [0.29, 0.717) is 24.3 Å². The number of anilines is 1. The lowest BCUT2D eigenvalue weighted by Gasteiger charge is -2.20. The molecule has 2 aliphatic rings. The summed E-state index contributed by atoms with van der Waals surface area (Å²) in [4.78, 5) is 13.1. The first kappa shape index (κ1) is 23.7. The number of aromatic nitrogens is 3. The van der Waals surface area contributed by atoms with Crippen LogP contribution in [0, 0.1) is 0 Å². The highest BCUT2D eigenvalue weighted by Crippen LogP contribution is 2.26. The first-order valence-corrected chi connectivity index (χ1v) is 13.9. The number of benzene rings is 2. The van der Waals surface area contributed by atoms with Crippen LogP contribution in [0.25, 0.3) is 11.4 Å². The average Bonchev–Trinajstić information content (AvgIpc) is 3.05. The van der Waals surface area contributed by atoms with Gasteiger partial charge in [0.1, 0.15) is 5.82 Å². The van der Waals surface area contributed by atoms with Crippen molar-refractivity contribution in [1.82, 2.24) is 19.1 Å². The summed E-state index contributed by atoms with van der Waals surface area (Å²) in [6.07, 6.45) is 8.26. The second-order valence-electron chi connectivity index (χ2n) is 9.28. The van der Waals surface area contributed by atoms with Crippen molar-refractivity contribution in [3.63, 3.8) is 0 Å².